The van der Waals surface area contributed by atoms with Crippen molar-refractivity contribution < 1.29 is 4.74 Å². The van der Waals surface area contributed by atoms with Crippen LogP contribution in [-0.2, 0) is 6.42 Å². The van der Waals surface area contributed by atoms with Crippen LogP contribution in [0, 0.1) is 6.92 Å². The van der Waals surface area contributed by atoms with Crippen molar-refractivity contribution in [2.75, 3.05) is 6.61 Å². The summed E-state index contributed by atoms with van der Waals surface area (Å²) >= 11 is 1.79. The van der Waals surface area contributed by atoms with Crippen LogP contribution in [0.4, 0.5) is 0 Å². The molecule has 2 nitrogen and oxygen atoms in total. The molecule has 0 bridgehead atoms. The van der Waals surface area contributed by atoms with Crippen molar-refractivity contribution in [1.29, 1.82) is 0 Å². The first-order valence-corrected chi connectivity index (χ1v) is 7.54. The summed E-state index contributed by atoms with van der Waals surface area (Å²) in [5.74, 6) is 0.895. The fourth-order valence-corrected chi connectivity index (χ4v) is 3.08. The maximum Gasteiger partial charge on any atom is 0.124 e. The molecule has 1 aromatic carbocycles. The SMILES string of the molecule is CCOc1ccc(C)cc1C(N)c1ccc(CC)s1. The molecule has 2 N–H and O–H groups in total. The number of hydrogen-bond acceptors (Lipinski definition) is 3. The maximum absolute atomic E-state index is 6.41. The predicted molar refractivity (Wildman–Crippen MR) is 82.1 cm³/mol. The molecule has 0 saturated carbocycles. The van der Waals surface area contributed by atoms with E-state index in [1.165, 1.54) is 15.3 Å². The zero-order chi connectivity index (χ0) is 13.8. The van der Waals surface area contributed by atoms with E-state index in [9.17, 15) is 0 Å². The number of ether oxygens (including phenoxy) is 1. The summed E-state index contributed by atoms with van der Waals surface area (Å²) in [6.07, 6.45) is 1.06. The smallest absolute Gasteiger partial charge is 0.124 e. The lowest BCUT2D eigenvalue weighted by atomic mass is 10.0. The van der Waals surface area contributed by atoms with Gasteiger partial charge in [-0.1, -0.05) is 24.6 Å². The van der Waals surface area contributed by atoms with Crippen molar-refractivity contribution in [1.82, 2.24) is 0 Å². The molecule has 2 rings (SSSR count). The number of benzene rings is 1. The minimum atomic E-state index is -0.105. The lowest BCUT2D eigenvalue weighted by Gasteiger charge is -2.16. The summed E-state index contributed by atoms with van der Waals surface area (Å²) in [5.41, 5.74) is 8.70. The van der Waals surface area contributed by atoms with Gasteiger partial charge in [0.15, 0.2) is 0 Å². The van der Waals surface area contributed by atoms with Gasteiger partial charge < -0.3 is 10.5 Å². The second kappa shape index (κ2) is 6.22. The molecule has 0 saturated heterocycles. The van der Waals surface area contributed by atoms with Gasteiger partial charge in [0.1, 0.15) is 5.75 Å². The number of rotatable bonds is 5. The van der Waals surface area contributed by atoms with Gasteiger partial charge in [-0.15, -0.1) is 11.3 Å². The predicted octanol–water partition coefficient (Wildman–Crippen LogP) is 4.07. The lowest BCUT2D eigenvalue weighted by Crippen LogP contribution is -2.12. The molecule has 0 amide bonds. The second-order valence-electron chi connectivity index (χ2n) is 4.61. The molecular formula is C16H21NOS. The summed E-state index contributed by atoms with van der Waals surface area (Å²) in [4.78, 5) is 2.57. The largest absolute Gasteiger partial charge is 0.494 e. The fourth-order valence-electron chi connectivity index (χ4n) is 2.10. The normalized spacial score (nSPS) is 12.4. The molecular weight excluding hydrogens is 254 g/mol. The Balaban J connectivity index is 2.36. The maximum atomic E-state index is 6.41. The van der Waals surface area contributed by atoms with E-state index in [-0.39, 0.29) is 6.04 Å². The summed E-state index contributed by atoms with van der Waals surface area (Å²) in [7, 11) is 0. The average molecular weight is 275 g/mol. The standard InChI is InChI=1S/C16H21NOS/c1-4-12-7-9-15(19-12)16(17)13-10-11(3)6-8-14(13)18-5-2/h6-10,16H,4-5,17H2,1-3H3. The third kappa shape index (κ3) is 3.17. The Morgan fingerprint density at radius 2 is 2.00 bits per heavy atom. The van der Waals surface area contributed by atoms with Crippen molar-refractivity contribution in [2.24, 2.45) is 5.73 Å². The molecule has 3 heteroatoms. The average Bonchev–Trinajstić information content (AvgIpc) is 2.89. The van der Waals surface area contributed by atoms with Crippen molar-refractivity contribution in [3.63, 3.8) is 0 Å². The summed E-state index contributed by atoms with van der Waals surface area (Å²) in [5, 5.41) is 0. The molecule has 1 unspecified atom stereocenters. The molecule has 0 aliphatic heterocycles. The zero-order valence-corrected chi connectivity index (χ0v) is 12.6. The van der Waals surface area contributed by atoms with Crippen molar-refractivity contribution in [3.05, 3.63) is 51.2 Å². The Morgan fingerprint density at radius 1 is 1.21 bits per heavy atom. The minimum Gasteiger partial charge on any atom is -0.494 e. The van der Waals surface area contributed by atoms with Gasteiger partial charge in [-0.2, -0.15) is 0 Å². The first-order valence-electron chi connectivity index (χ1n) is 6.73. The van der Waals surface area contributed by atoms with Gasteiger partial charge in [-0.05, 0) is 38.5 Å². The van der Waals surface area contributed by atoms with E-state index >= 15 is 0 Å². The van der Waals surface area contributed by atoms with Crippen molar-refractivity contribution >= 4 is 11.3 Å². The van der Waals surface area contributed by atoms with Crippen LogP contribution in [0.25, 0.3) is 0 Å². The van der Waals surface area contributed by atoms with Crippen LogP contribution >= 0.6 is 11.3 Å². The van der Waals surface area contributed by atoms with Crippen LogP contribution in [-0.4, -0.2) is 6.61 Å². The fraction of sp³-hybridized carbons (Fsp3) is 0.375. The Bertz CT molecular complexity index is 547. The molecule has 102 valence electrons. The molecule has 19 heavy (non-hydrogen) atoms. The van der Waals surface area contributed by atoms with E-state index in [4.69, 9.17) is 10.5 Å². The first-order chi connectivity index (χ1) is 9.15. The van der Waals surface area contributed by atoms with E-state index < -0.39 is 0 Å². The Morgan fingerprint density at radius 3 is 2.63 bits per heavy atom. The van der Waals surface area contributed by atoms with Crippen LogP contribution < -0.4 is 10.5 Å². The van der Waals surface area contributed by atoms with Gasteiger partial charge in [0.25, 0.3) is 0 Å². The molecule has 1 heterocycles. The monoisotopic (exact) mass is 275 g/mol. The van der Waals surface area contributed by atoms with E-state index in [0.29, 0.717) is 6.61 Å². The van der Waals surface area contributed by atoms with Gasteiger partial charge >= 0.3 is 0 Å². The van der Waals surface area contributed by atoms with Gasteiger partial charge in [-0.3, -0.25) is 0 Å². The van der Waals surface area contributed by atoms with Crippen molar-refractivity contribution in [2.45, 2.75) is 33.2 Å². The highest BCUT2D eigenvalue weighted by atomic mass is 32.1. The Hall–Kier alpha value is -1.32. The minimum absolute atomic E-state index is 0.105. The topological polar surface area (TPSA) is 35.2 Å². The van der Waals surface area contributed by atoms with Gasteiger partial charge in [-0.25, -0.2) is 0 Å². The van der Waals surface area contributed by atoms with Crippen LogP contribution in [0.5, 0.6) is 5.75 Å². The van der Waals surface area contributed by atoms with Crippen LogP contribution in [0.15, 0.2) is 30.3 Å². The summed E-state index contributed by atoms with van der Waals surface area (Å²) < 4.78 is 5.69. The van der Waals surface area contributed by atoms with Crippen LogP contribution in [0.1, 0.15) is 40.8 Å². The molecule has 0 spiro atoms. The van der Waals surface area contributed by atoms with Crippen molar-refractivity contribution in [3.8, 4) is 5.75 Å². The third-order valence-electron chi connectivity index (χ3n) is 3.14. The number of thiophene rings is 1. The summed E-state index contributed by atoms with van der Waals surface area (Å²) in [6, 6.07) is 10.4. The van der Waals surface area contributed by atoms with E-state index in [2.05, 4.69) is 38.1 Å². The molecule has 1 aromatic heterocycles. The number of nitrogens with two attached hydrogens (primary N) is 1. The van der Waals surface area contributed by atoms with Gasteiger partial charge in [0.2, 0.25) is 0 Å². The van der Waals surface area contributed by atoms with E-state index in [1.807, 2.05) is 13.0 Å². The molecule has 0 fully saturated rings. The third-order valence-corrected chi connectivity index (χ3v) is 4.45. The summed E-state index contributed by atoms with van der Waals surface area (Å²) in [6.45, 7) is 6.90. The highest BCUT2D eigenvalue weighted by Crippen LogP contribution is 2.33. The molecule has 0 aliphatic rings. The quantitative estimate of drug-likeness (QED) is 0.893. The van der Waals surface area contributed by atoms with Gasteiger partial charge in [0, 0.05) is 15.3 Å². The zero-order valence-electron chi connectivity index (χ0n) is 11.8. The number of aryl methyl sites for hydroxylation is 2. The molecule has 1 atom stereocenters. The highest BCUT2D eigenvalue weighted by Gasteiger charge is 2.16. The van der Waals surface area contributed by atoms with Crippen LogP contribution in [0.2, 0.25) is 0 Å². The number of hydrogen-bond donors (Lipinski definition) is 1. The molecule has 0 aliphatic carbocycles. The van der Waals surface area contributed by atoms with Crippen LogP contribution in [0.3, 0.4) is 0 Å². The lowest BCUT2D eigenvalue weighted by molar-refractivity contribution is 0.335. The molecule has 0 radical (unpaired) electrons. The Labute approximate surface area is 119 Å². The van der Waals surface area contributed by atoms with E-state index in [0.717, 1.165) is 17.7 Å². The Kier molecular flexibility index (Phi) is 4.61. The second-order valence-corrected chi connectivity index (χ2v) is 5.81. The van der Waals surface area contributed by atoms with Gasteiger partial charge in [0.05, 0.1) is 12.6 Å². The highest BCUT2D eigenvalue weighted by molar-refractivity contribution is 7.12. The first kappa shape index (κ1) is 14.1. The molecule has 2 aromatic rings. The van der Waals surface area contributed by atoms with E-state index in [1.54, 1.807) is 11.3 Å².